The highest BCUT2D eigenvalue weighted by molar-refractivity contribution is 7.18. The van der Waals surface area contributed by atoms with Crippen molar-refractivity contribution in [3.05, 3.63) is 65.2 Å². The summed E-state index contributed by atoms with van der Waals surface area (Å²) in [7, 11) is 0. The SMILES string of the molecule is O=C(CCC1CCCC1)N[C@H](Cc1ccccc1)C(=O)Nc1nnc(-c2ccc(Cl)cc2)s1. The highest BCUT2D eigenvalue weighted by Crippen LogP contribution is 2.29. The van der Waals surface area contributed by atoms with E-state index >= 15 is 0 Å². The number of carbonyl (C=O) groups excluding carboxylic acids is 2. The van der Waals surface area contributed by atoms with Gasteiger partial charge in [-0.2, -0.15) is 0 Å². The van der Waals surface area contributed by atoms with Gasteiger partial charge in [0.25, 0.3) is 0 Å². The van der Waals surface area contributed by atoms with Gasteiger partial charge in [0.2, 0.25) is 16.9 Å². The summed E-state index contributed by atoms with van der Waals surface area (Å²) in [5.74, 6) is 0.244. The Morgan fingerprint density at radius 1 is 1.03 bits per heavy atom. The number of nitrogens with zero attached hydrogens (tertiary/aromatic N) is 2. The molecule has 0 saturated heterocycles. The van der Waals surface area contributed by atoms with Gasteiger partial charge in [0, 0.05) is 23.4 Å². The van der Waals surface area contributed by atoms with Crippen LogP contribution >= 0.6 is 22.9 Å². The van der Waals surface area contributed by atoms with Gasteiger partial charge in [0.15, 0.2) is 0 Å². The fourth-order valence-corrected chi connectivity index (χ4v) is 5.01. The molecule has 3 aromatic rings. The van der Waals surface area contributed by atoms with Crippen molar-refractivity contribution in [1.29, 1.82) is 0 Å². The number of halogens is 1. The first kappa shape index (κ1) is 23.4. The maximum atomic E-state index is 13.1. The molecule has 1 aliphatic rings. The van der Waals surface area contributed by atoms with Crippen LogP contribution in [0.2, 0.25) is 5.02 Å². The lowest BCUT2D eigenvalue weighted by molar-refractivity contribution is -0.126. The second-order valence-corrected chi connectivity index (χ2v) is 9.82. The second-order valence-electron chi connectivity index (χ2n) is 8.41. The minimum atomic E-state index is -0.689. The van der Waals surface area contributed by atoms with Crippen LogP contribution < -0.4 is 10.6 Å². The minimum absolute atomic E-state index is 0.0860. The largest absolute Gasteiger partial charge is 0.344 e. The monoisotopic (exact) mass is 482 g/mol. The molecule has 172 valence electrons. The van der Waals surface area contributed by atoms with Gasteiger partial charge in [-0.05, 0) is 30.0 Å². The molecule has 33 heavy (non-hydrogen) atoms. The van der Waals surface area contributed by atoms with Crippen LogP contribution in [0.25, 0.3) is 10.6 Å². The molecule has 8 heteroatoms. The number of hydrogen-bond acceptors (Lipinski definition) is 5. The van der Waals surface area contributed by atoms with Crippen molar-refractivity contribution in [1.82, 2.24) is 15.5 Å². The zero-order chi connectivity index (χ0) is 23.0. The molecule has 1 atom stereocenters. The Balaban J connectivity index is 1.41. The van der Waals surface area contributed by atoms with Gasteiger partial charge in [-0.3, -0.25) is 14.9 Å². The molecule has 0 aliphatic heterocycles. The van der Waals surface area contributed by atoms with Crippen LogP contribution in [0.15, 0.2) is 54.6 Å². The molecular formula is C25H27ClN4O2S. The van der Waals surface area contributed by atoms with Gasteiger partial charge in [0.1, 0.15) is 11.0 Å². The highest BCUT2D eigenvalue weighted by atomic mass is 35.5. The molecule has 4 rings (SSSR count). The quantitative estimate of drug-likeness (QED) is 0.422. The number of nitrogens with one attached hydrogen (secondary N) is 2. The molecule has 1 saturated carbocycles. The highest BCUT2D eigenvalue weighted by Gasteiger charge is 2.24. The van der Waals surface area contributed by atoms with Crippen molar-refractivity contribution < 1.29 is 9.59 Å². The first-order chi connectivity index (χ1) is 16.1. The number of benzene rings is 2. The topological polar surface area (TPSA) is 84.0 Å². The van der Waals surface area contributed by atoms with Gasteiger partial charge in [-0.15, -0.1) is 10.2 Å². The third kappa shape index (κ3) is 6.85. The molecule has 1 fully saturated rings. The van der Waals surface area contributed by atoms with E-state index in [1.165, 1.54) is 37.0 Å². The molecule has 0 spiro atoms. The summed E-state index contributed by atoms with van der Waals surface area (Å²) in [6, 6.07) is 16.3. The summed E-state index contributed by atoms with van der Waals surface area (Å²) in [6.07, 6.45) is 6.65. The number of anilines is 1. The fraction of sp³-hybridized carbons (Fsp3) is 0.360. The van der Waals surface area contributed by atoms with Crippen LogP contribution in [0.4, 0.5) is 5.13 Å². The molecule has 6 nitrogen and oxygen atoms in total. The summed E-state index contributed by atoms with van der Waals surface area (Å²) in [5.41, 5.74) is 1.85. The Kier molecular flexibility index (Phi) is 8.07. The molecule has 1 aliphatic carbocycles. The fourth-order valence-electron chi connectivity index (χ4n) is 4.14. The average molecular weight is 483 g/mol. The number of rotatable bonds is 9. The third-order valence-electron chi connectivity index (χ3n) is 5.94. The van der Waals surface area contributed by atoms with Crippen LogP contribution in [0.5, 0.6) is 0 Å². The van der Waals surface area contributed by atoms with E-state index in [1.807, 2.05) is 42.5 Å². The Hall–Kier alpha value is -2.77. The van der Waals surface area contributed by atoms with Crippen LogP contribution in [-0.2, 0) is 16.0 Å². The van der Waals surface area contributed by atoms with Crippen LogP contribution in [0, 0.1) is 5.92 Å². The lowest BCUT2D eigenvalue weighted by atomic mass is 10.0. The van der Waals surface area contributed by atoms with E-state index in [0.717, 1.165) is 17.5 Å². The van der Waals surface area contributed by atoms with E-state index in [4.69, 9.17) is 11.6 Å². The summed E-state index contributed by atoms with van der Waals surface area (Å²) < 4.78 is 0. The molecule has 2 N–H and O–H groups in total. The van der Waals surface area contributed by atoms with Crippen LogP contribution in [-0.4, -0.2) is 28.1 Å². The molecule has 1 heterocycles. The van der Waals surface area contributed by atoms with Crippen molar-refractivity contribution in [2.75, 3.05) is 5.32 Å². The van der Waals surface area contributed by atoms with Gasteiger partial charge in [0.05, 0.1) is 0 Å². The number of hydrogen-bond donors (Lipinski definition) is 2. The summed E-state index contributed by atoms with van der Waals surface area (Å²) in [6.45, 7) is 0. The first-order valence-corrected chi connectivity index (χ1v) is 12.5. The van der Waals surface area contributed by atoms with Gasteiger partial charge in [-0.25, -0.2) is 0 Å². The van der Waals surface area contributed by atoms with Crippen molar-refractivity contribution in [2.24, 2.45) is 5.92 Å². The predicted octanol–water partition coefficient (Wildman–Crippen LogP) is 5.49. The van der Waals surface area contributed by atoms with Crippen LogP contribution in [0.3, 0.4) is 0 Å². The van der Waals surface area contributed by atoms with E-state index < -0.39 is 6.04 Å². The molecule has 2 aromatic carbocycles. The van der Waals surface area contributed by atoms with E-state index in [0.29, 0.717) is 33.9 Å². The van der Waals surface area contributed by atoms with E-state index in [2.05, 4.69) is 20.8 Å². The zero-order valence-corrected chi connectivity index (χ0v) is 19.9. The van der Waals surface area contributed by atoms with Crippen molar-refractivity contribution in [3.63, 3.8) is 0 Å². The summed E-state index contributed by atoms with van der Waals surface area (Å²) in [4.78, 5) is 25.7. The standard InChI is InChI=1S/C25H27ClN4O2S/c26-20-13-11-19(12-14-20)24-29-30-25(33-24)28-23(32)21(16-18-8-2-1-3-9-18)27-22(31)15-10-17-6-4-5-7-17/h1-3,8-9,11-14,17,21H,4-7,10,15-16H2,(H,27,31)(H,28,30,32)/t21-/m1/s1. The maximum absolute atomic E-state index is 13.1. The molecule has 0 radical (unpaired) electrons. The Morgan fingerprint density at radius 3 is 2.48 bits per heavy atom. The molecule has 0 bridgehead atoms. The third-order valence-corrected chi connectivity index (χ3v) is 7.07. The second kappa shape index (κ2) is 11.4. The van der Waals surface area contributed by atoms with Crippen molar-refractivity contribution in [3.8, 4) is 10.6 Å². The Morgan fingerprint density at radius 2 is 1.76 bits per heavy atom. The minimum Gasteiger partial charge on any atom is -0.344 e. The summed E-state index contributed by atoms with van der Waals surface area (Å²) >= 11 is 7.23. The molecule has 1 aromatic heterocycles. The van der Waals surface area contributed by atoms with Crippen LogP contribution in [0.1, 0.15) is 44.1 Å². The van der Waals surface area contributed by atoms with E-state index in [1.54, 1.807) is 12.1 Å². The normalized spacial score (nSPS) is 14.7. The molecule has 0 unspecified atom stereocenters. The van der Waals surface area contributed by atoms with Gasteiger partial charge in [-0.1, -0.05) is 91.1 Å². The number of aromatic nitrogens is 2. The van der Waals surface area contributed by atoms with Crippen molar-refractivity contribution >= 4 is 39.9 Å². The Labute approximate surface area is 202 Å². The zero-order valence-electron chi connectivity index (χ0n) is 18.3. The smallest absolute Gasteiger partial charge is 0.249 e. The first-order valence-electron chi connectivity index (χ1n) is 11.3. The lowest BCUT2D eigenvalue weighted by Gasteiger charge is -2.18. The molecular weight excluding hydrogens is 456 g/mol. The number of amides is 2. The molecule has 2 amide bonds. The average Bonchev–Trinajstić information content (AvgIpc) is 3.51. The van der Waals surface area contributed by atoms with Gasteiger partial charge >= 0.3 is 0 Å². The number of carbonyl (C=O) groups is 2. The lowest BCUT2D eigenvalue weighted by Crippen LogP contribution is -2.45. The van der Waals surface area contributed by atoms with Gasteiger partial charge < -0.3 is 5.32 Å². The summed E-state index contributed by atoms with van der Waals surface area (Å²) in [5, 5.41) is 15.8. The van der Waals surface area contributed by atoms with E-state index in [-0.39, 0.29) is 11.8 Å². The predicted molar refractivity (Wildman–Crippen MR) is 132 cm³/mol. The van der Waals surface area contributed by atoms with E-state index in [9.17, 15) is 9.59 Å². The maximum Gasteiger partial charge on any atom is 0.249 e. The Bertz CT molecular complexity index is 1070. The van der Waals surface area contributed by atoms with Crippen molar-refractivity contribution in [2.45, 2.75) is 51.0 Å².